The molecule has 0 unspecified atom stereocenters. The van der Waals surface area contributed by atoms with Crippen LogP contribution in [0.15, 0.2) is 22.3 Å². The molecule has 0 aromatic heterocycles. The first-order valence-electron chi connectivity index (χ1n) is 10.9. The zero-order chi connectivity index (χ0) is 19.6. The standard InChI is InChI=1S/C23H29NO4/c1-12-10-24(27)11-14-6-4-13-5-7-15-17(21(26)28-3)9-23(19(13)15)20(25)16(12)8-18(24)22(14,23)2/h12,14,16,18H,4-11H2,1-3H3/t12-,14-,16-,18-,22-,23+,24-/m1/s1. The molecule has 5 heteroatoms. The lowest BCUT2D eigenvalue weighted by Crippen LogP contribution is -2.68. The molecule has 3 fully saturated rings. The molecule has 0 amide bonds. The zero-order valence-electron chi connectivity index (χ0n) is 17.0. The van der Waals surface area contributed by atoms with Crippen molar-refractivity contribution in [2.24, 2.45) is 28.6 Å². The van der Waals surface area contributed by atoms with Crippen LogP contribution in [0.25, 0.3) is 0 Å². The van der Waals surface area contributed by atoms with Gasteiger partial charge in [-0.25, -0.2) is 4.79 Å². The summed E-state index contributed by atoms with van der Waals surface area (Å²) in [6.45, 7) is 5.58. The summed E-state index contributed by atoms with van der Waals surface area (Å²) in [5, 5.41) is 14.0. The number of hydrogen-bond donors (Lipinski definition) is 0. The number of allylic oxidation sites excluding steroid dienone is 3. The van der Waals surface area contributed by atoms with Crippen molar-refractivity contribution in [2.45, 2.75) is 58.4 Å². The molecule has 2 heterocycles. The minimum absolute atomic E-state index is 0.0119. The Balaban J connectivity index is 1.65. The molecule has 4 aliphatic carbocycles. The van der Waals surface area contributed by atoms with E-state index in [0.29, 0.717) is 25.3 Å². The van der Waals surface area contributed by atoms with E-state index in [2.05, 4.69) is 13.8 Å². The van der Waals surface area contributed by atoms with E-state index in [4.69, 9.17) is 4.74 Å². The second-order valence-corrected chi connectivity index (χ2v) is 10.5. The lowest BCUT2D eigenvalue weighted by molar-refractivity contribution is -0.908. The third-order valence-electron chi connectivity index (χ3n) is 9.87. The number of Topliss-reactive ketones (excluding diaryl/α,β-unsaturated/α-hetero) is 1. The van der Waals surface area contributed by atoms with Crippen LogP contribution in [0.4, 0.5) is 0 Å². The molecular formula is C23H29NO4. The number of methoxy groups -OCH3 is 1. The highest BCUT2D eigenvalue weighted by Gasteiger charge is 2.78. The molecule has 2 aliphatic heterocycles. The number of hydrogen-bond acceptors (Lipinski definition) is 4. The molecule has 6 aliphatic rings. The molecule has 0 N–H and O–H groups in total. The Labute approximate surface area is 166 Å². The highest BCUT2D eigenvalue weighted by molar-refractivity contribution is 6.01. The van der Waals surface area contributed by atoms with E-state index in [9.17, 15) is 14.8 Å². The van der Waals surface area contributed by atoms with Crippen LogP contribution in [0.3, 0.4) is 0 Å². The summed E-state index contributed by atoms with van der Waals surface area (Å²) in [4.78, 5) is 27.0. The van der Waals surface area contributed by atoms with Crippen LogP contribution in [-0.4, -0.2) is 42.6 Å². The van der Waals surface area contributed by atoms with E-state index in [1.54, 1.807) is 0 Å². The topological polar surface area (TPSA) is 66.4 Å². The zero-order valence-corrected chi connectivity index (χ0v) is 17.0. The van der Waals surface area contributed by atoms with Gasteiger partial charge >= 0.3 is 5.97 Å². The molecule has 7 atom stereocenters. The van der Waals surface area contributed by atoms with Crippen molar-refractivity contribution in [3.8, 4) is 0 Å². The van der Waals surface area contributed by atoms with Gasteiger partial charge < -0.3 is 14.6 Å². The van der Waals surface area contributed by atoms with Gasteiger partial charge in [0.05, 0.1) is 31.7 Å². The number of carbonyl (C=O) groups excluding carboxylic acids is 2. The van der Waals surface area contributed by atoms with Crippen LogP contribution < -0.4 is 0 Å². The number of quaternary nitrogens is 1. The Kier molecular flexibility index (Phi) is 3.10. The Morgan fingerprint density at radius 3 is 2.79 bits per heavy atom. The number of fused-ring (bicyclic) bond motifs is 1. The largest absolute Gasteiger partial charge is 0.633 e. The first-order chi connectivity index (χ1) is 13.3. The molecule has 0 radical (unpaired) electrons. The Bertz CT molecular complexity index is 902. The summed E-state index contributed by atoms with van der Waals surface area (Å²) in [5.74, 6) is 0.405. The molecule has 0 aromatic carbocycles. The monoisotopic (exact) mass is 383 g/mol. The quantitative estimate of drug-likeness (QED) is 0.396. The fourth-order valence-corrected chi connectivity index (χ4v) is 8.80. The van der Waals surface area contributed by atoms with Crippen LogP contribution in [0, 0.1) is 33.8 Å². The lowest BCUT2D eigenvalue weighted by atomic mass is 9.45. The van der Waals surface area contributed by atoms with Gasteiger partial charge in [0.2, 0.25) is 0 Å². The average Bonchev–Trinajstić information content (AvgIpc) is 3.26. The number of ketones is 1. The molecule has 1 saturated carbocycles. The fourth-order valence-electron chi connectivity index (χ4n) is 8.80. The summed E-state index contributed by atoms with van der Waals surface area (Å²) in [7, 11) is 1.44. The SMILES string of the molecule is COC(=O)C1=C2CCC3=C2[C@@]2(C1)C(=O)[C@@H]1C[C@@H]4[C@@]2(C)[C@H](CC3)C[N@+]4([O-])C[C@H]1C. The van der Waals surface area contributed by atoms with Crippen LogP contribution in [-0.2, 0) is 14.3 Å². The number of esters is 1. The summed E-state index contributed by atoms with van der Waals surface area (Å²) in [6.07, 6.45) is 5.03. The van der Waals surface area contributed by atoms with Gasteiger partial charge in [0, 0.05) is 35.2 Å². The van der Waals surface area contributed by atoms with E-state index < -0.39 is 5.41 Å². The molecule has 1 spiro atoms. The highest BCUT2D eigenvalue weighted by atomic mass is 16.6. The summed E-state index contributed by atoms with van der Waals surface area (Å²) in [6, 6.07) is -0.0119. The summed E-state index contributed by atoms with van der Waals surface area (Å²) >= 11 is 0. The van der Waals surface area contributed by atoms with Gasteiger partial charge in [-0.15, -0.1) is 0 Å². The van der Waals surface area contributed by atoms with Crippen molar-refractivity contribution in [1.29, 1.82) is 0 Å². The van der Waals surface area contributed by atoms with Crippen LogP contribution in [0.2, 0.25) is 0 Å². The maximum Gasteiger partial charge on any atom is 0.334 e. The van der Waals surface area contributed by atoms with Gasteiger partial charge in [0.1, 0.15) is 5.78 Å². The molecule has 0 aromatic rings. The maximum absolute atomic E-state index is 14.3. The van der Waals surface area contributed by atoms with E-state index in [1.165, 1.54) is 18.3 Å². The van der Waals surface area contributed by atoms with E-state index in [1.807, 2.05) is 0 Å². The smallest absolute Gasteiger partial charge is 0.334 e. The summed E-state index contributed by atoms with van der Waals surface area (Å²) < 4.78 is 5.03. The van der Waals surface area contributed by atoms with Gasteiger partial charge in [-0.2, -0.15) is 0 Å². The normalized spacial score (nSPS) is 50.8. The van der Waals surface area contributed by atoms with Crippen LogP contribution >= 0.6 is 0 Å². The minimum atomic E-state index is -0.661. The number of nitrogens with zero attached hydrogens (tertiary/aromatic N) is 1. The second kappa shape index (κ2) is 4.99. The number of piperidine rings is 1. The van der Waals surface area contributed by atoms with E-state index in [-0.39, 0.29) is 39.8 Å². The average molecular weight is 383 g/mol. The van der Waals surface area contributed by atoms with Gasteiger partial charge in [0.15, 0.2) is 0 Å². The van der Waals surface area contributed by atoms with E-state index in [0.717, 1.165) is 43.3 Å². The Morgan fingerprint density at radius 1 is 1.25 bits per heavy atom. The fraction of sp³-hybridized carbons (Fsp3) is 0.739. The van der Waals surface area contributed by atoms with Crippen molar-refractivity contribution in [3.05, 3.63) is 27.5 Å². The van der Waals surface area contributed by atoms with Crippen molar-refractivity contribution in [3.63, 3.8) is 0 Å². The lowest BCUT2D eigenvalue weighted by Gasteiger charge is -2.62. The predicted molar refractivity (Wildman–Crippen MR) is 103 cm³/mol. The third kappa shape index (κ3) is 1.59. The second-order valence-electron chi connectivity index (χ2n) is 10.5. The van der Waals surface area contributed by atoms with Gasteiger partial charge in [0.25, 0.3) is 0 Å². The summed E-state index contributed by atoms with van der Waals surface area (Å²) in [5.41, 5.74) is 3.41. The molecule has 6 rings (SSSR count). The van der Waals surface area contributed by atoms with E-state index >= 15 is 0 Å². The molecular weight excluding hydrogens is 354 g/mol. The molecule has 2 bridgehead atoms. The first kappa shape index (κ1) is 17.4. The van der Waals surface area contributed by atoms with Crippen LogP contribution in [0.1, 0.15) is 52.4 Å². The maximum atomic E-state index is 14.3. The minimum Gasteiger partial charge on any atom is -0.633 e. The van der Waals surface area contributed by atoms with Crippen molar-refractivity contribution in [1.82, 2.24) is 0 Å². The van der Waals surface area contributed by atoms with Gasteiger partial charge in [-0.05, 0) is 43.3 Å². The predicted octanol–water partition coefficient (Wildman–Crippen LogP) is 3.29. The molecule has 5 nitrogen and oxygen atoms in total. The van der Waals surface area contributed by atoms with Crippen LogP contribution in [0.5, 0.6) is 0 Å². The Morgan fingerprint density at radius 2 is 2.04 bits per heavy atom. The molecule has 2 saturated heterocycles. The van der Waals surface area contributed by atoms with Gasteiger partial charge in [-0.3, -0.25) is 4.79 Å². The third-order valence-corrected chi connectivity index (χ3v) is 9.87. The van der Waals surface area contributed by atoms with Crippen molar-refractivity contribution >= 4 is 11.8 Å². The van der Waals surface area contributed by atoms with Crippen molar-refractivity contribution in [2.75, 3.05) is 20.2 Å². The molecule has 28 heavy (non-hydrogen) atoms. The van der Waals surface area contributed by atoms with Gasteiger partial charge in [-0.1, -0.05) is 19.4 Å². The first-order valence-corrected chi connectivity index (χ1v) is 10.9. The number of carbonyl (C=O) groups is 2. The highest BCUT2D eigenvalue weighted by Crippen LogP contribution is 2.74. The van der Waals surface area contributed by atoms with Crippen molar-refractivity contribution < 1.29 is 19.0 Å². The number of rotatable bonds is 1. The number of hydroxylamine groups is 3. The Hall–Kier alpha value is -1.46. The number of ether oxygens (including phenoxy) is 1. The molecule has 150 valence electrons.